The SMILES string of the molecule is Cc1ccccc1[Si](c1ccccc1)(c1ccccc1)[c-]1c(C)c(C)c(C)c1C.[Cl-].[Cl-].[Cl-].[Ti+4]. The van der Waals surface area contributed by atoms with Crippen LogP contribution in [0.3, 0.4) is 0 Å². The molecule has 0 aromatic heterocycles. The van der Waals surface area contributed by atoms with Crippen molar-refractivity contribution >= 4 is 28.8 Å². The molecular formula is C28H29Cl3SiTi. The van der Waals surface area contributed by atoms with E-state index < -0.39 is 8.07 Å². The molecule has 0 radical (unpaired) electrons. The molecule has 0 nitrogen and oxygen atoms in total. The van der Waals surface area contributed by atoms with Crippen LogP contribution < -0.4 is 58.0 Å². The molecule has 0 aliphatic heterocycles. The van der Waals surface area contributed by atoms with Crippen LogP contribution >= 0.6 is 0 Å². The van der Waals surface area contributed by atoms with Crippen molar-refractivity contribution in [2.75, 3.05) is 0 Å². The standard InChI is InChI=1S/C28H29Si.3ClH.Ti/c1-20-14-12-13-19-27(20)29(25-15-8-6-9-16-25,26-17-10-7-11-18-26)28-23(4)21(2)22(3)24(28)5;;;;/h6-19H,1-5H3;3*1H;/q-1;;;;+4/p-3. The van der Waals surface area contributed by atoms with Gasteiger partial charge in [-0.05, 0) is 6.92 Å². The summed E-state index contributed by atoms with van der Waals surface area (Å²) in [7, 11) is -2.44. The van der Waals surface area contributed by atoms with Gasteiger partial charge in [-0.3, -0.25) is 0 Å². The second-order valence-corrected chi connectivity index (χ2v) is 11.9. The maximum atomic E-state index is 2.37. The number of rotatable bonds is 4. The molecule has 33 heavy (non-hydrogen) atoms. The maximum Gasteiger partial charge on any atom is 4.00 e. The third kappa shape index (κ3) is 5.25. The molecule has 0 heterocycles. The first-order valence-corrected chi connectivity index (χ1v) is 12.4. The fraction of sp³-hybridized carbons (Fsp3) is 0.179. The molecule has 170 valence electrons. The predicted octanol–water partition coefficient (Wildman–Crippen LogP) is -4.67. The first-order chi connectivity index (χ1) is 14.0. The van der Waals surface area contributed by atoms with Crippen LogP contribution in [-0.2, 0) is 21.7 Å². The van der Waals surface area contributed by atoms with Gasteiger partial charge in [0.1, 0.15) is 8.07 Å². The molecule has 4 rings (SSSR count). The van der Waals surface area contributed by atoms with Gasteiger partial charge in [-0.15, -0.1) is 5.19 Å². The summed E-state index contributed by atoms with van der Waals surface area (Å²) in [6.45, 7) is 11.5. The fourth-order valence-electron chi connectivity index (χ4n) is 5.05. The molecule has 0 spiro atoms. The van der Waals surface area contributed by atoms with Crippen LogP contribution in [0.1, 0.15) is 27.8 Å². The van der Waals surface area contributed by atoms with Crippen molar-refractivity contribution < 1.29 is 58.9 Å². The van der Waals surface area contributed by atoms with Crippen molar-refractivity contribution in [3.05, 3.63) is 113 Å². The van der Waals surface area contributed by atoms with Gasteiger partial charge in [0.15, 0.2) is 0 Å². The van der Waals surface area contributed by atoms with Gasteiger partial charge in [-0.25, -0.2) is 0 Å². The summed E-state index contributed by atoms with van der Waals surface area (Å²) in [6, 6.07) is 31.5. The summed E-state index contributed by atoms with van der Waals surface area (Å²) in [6.07, 6.45) is 0. The largest absolute Gasteiger partial charge is 4.00 e. The Morgan fingerprint density at radius 1 is 0.515 bits per heavy atom. The van der Waals surface area contributed by atoms with E-state index >= 15 is 0 Å². The average molecular weight is 548 g/mol. The molecule has 5 heteroatoms. The molecule has 0 saturated carbocycles. The van der Waals surface area contributed by atoms with Crippen LogP contribution in [-0.4, -0.2) is 8.07 Å². The first-order valence-electron chi connectivity index (χ1n) is 10.4. The van der Waals surface area contributed by atoms with E-state index in [1.165, 1.54) is 43.4 Å². The number of halogens is 3. The van der Waals surface area contributed by atoms with Crippen molar-refractivity contribution in [3.8, 4) is 0 Å². The Morgan fingerprint density at radius 3 is 1.27 bits per heavy atom. The van der Waals surface area contributed by atoms with Crippen molar-refractivity contribution in [1.82, 2.24) is 0 Å². The number of hydrogen-bond donors (Lipinski definition) is 0. The van der Waals surface area contributed by atoms with Crippen molar-refractivity contribution in [2.45, 2.75) is 34.6 Å². The Labute approximate surface area is 233 Å². The fourth-order valence-corrected chi connectivity index (χ4v) is 10.8. The van der Waals surface area contributed by atoms with Crippen LogP contribution in [0, 0.1) is 34.6 Å². The van der Waals surface area contributed by atoms with E-state index in [1.54, 1.807) is 5.19 Å². The molecular weight excluding hydrogens is 519 g/mol. The minimum Gasteiger partial charge on any atom is -1.00 e. The van der Waals surface area contributed by atoms with Gasteiger partial charge >= 0.3 is 21.7 Å². The average Bonchev–Trinajstić information content (AvgIpc) is 2.95. The summed E-state index contributed by atoms with van der Waals surface area (Å²) < 4.78 is 0. The third-order valence-corrected chi connectivity index (χ3v) is 12.0. The van der Waals surface area contributed by atoms with Gasteiger partial charge in [0.2, 0.25) is 0 Å². The van der Waals surface area contributed by atoms with Gasteiger partial charge in [-0.1, -0.05) is 134 Å². The molecule has 0 aliphatic carbocycles. The Kier molecular flexibility index (Phi) is 12.6. The number of hydrogen-bond acceptors (Lipinski definition) is 0. The summed E-state index contributed by atoms with van der Waals surface area (Å²) in [5.41, 5.74) is 7.18. The zero-order valence-corrected chi connectivity index (χ0v) is 24.5. The topological polar surface area (TPSA) is 0 Å². The molecule has 0 bridgehead atoms. The molecule has 4 aromatic rings. The summed E-state index contributed by atoms with van der Waals surface area (Å²) in [4.78, 5) is 0. The quantitative estimate of drug-likeness (QED) is 0.137. The van der Waals surface area contributed by atoms with E-state index in [0.29, 0.717) is 0 Å². The summed E-state index contributed by atoms with van der Waals surface area (Å²) in [5, 5.41) is 5.97. The van der Waals surface area contributed by atoms with Crippen molar-refractivity contribution in [2.24, 2.45) is 0 Å². The van der Waals surface area contributed by atoms with Crippen LogP contribution in [0.5, 0.6) is 0 Å². The van der Waals surface area contributed by atoms with Gasteiger partial charge in [0.05, 0.1) is 0 Å². The van der Waals surface area contributed by atoms with Crippen LogP contribution in [0.25, 0.3) is 0 Å². The van der Waals surface area contributed by atoms with Crippen LogP contribution in [0.15, 0.2) is 84.9 Å². The smallest absolute Gasteiger partial charge is 1.00 e. The minimum atomic E-state index is -2.44. The zero-order chi connectivity index (χ0) is 20.6. The molecule has 0 saturated heterocycles. The second-order valence-electron chi connectivity index (χ2n) is 8.17. The third-order valence-electron chi connectivity index (χ3n) is 6.78. The molecule has 0 N–H and O–H groups in total. The zero-order valence-electron chi connectivity index (χ0n) is 19.7. The van der Waals surface area contributed by atoms with E-state index in [0.717, 1.165) is 0 Å². The Bertz CT molecular complexity index is 1090. The second kappa shape index (κ2) is 13.0. The Balaban J connectivity index is 0.00000256. The Morgan fingerprint density at radius 2 is 0.879 bits per heavy atom. The minimum absolute atomic E-state index is 0. The van der Waals surface area contributed by atoms with Gasteiger partial charge in [0.25, 0.3) is 0 Å². The van der Waals surface area contributed by atoms with Crippen molar-refractivity contribution in [1.29, 1.82) is 0 Å². The molecule has 0 unspecified atom stereocenters. The monoisotopic (exact) mass is 546 g/mol. The van der Waals surface area contributed by atoms with Crippen molar-refractivity contribution in [3.63, 3.8) is 0 Å². The van der Waals surface area contributed by atoms with E-state index in [4.69, 9.17) is 0 Å². The van der Waals surface area contributed by atoms with Crippen LogP contribution in [0.2, 0.25) is 0 Å². The van der Waals surface area contributed by atoms with Gasteiger partial charge < -0.3 is 37.2 Å². The maximum absolute atomic E-state index is 2.44. The number of aryl methyl sites for hydroxylation is 1. The molecule has 0 atom stereocenters. The van der Waals surface area contributed by atoms with E-state index in [9.17, 15) is 0 Å². The molecule has 4 aromatic carbocycles. The Hall–Kier alpha value is -1.19. The number of benzene rings is 3. The normalized spacial score (nSPS) is 10.2. The van der Waals surface area contributed by atoms with E-state index in [2.05, 4.69) is 120 Å². The molecule has 0 amide bonds. The van der Waals surface area contributed by atoms with Gasteiger partial charge in [0, 0.05) is 0 Å². The summed E-state index contributed by atoms with van der Waals surface area (Å²) >= 11 is 0. The predicted molar refractivity (Wildman–Crippen MR) is 129 cm³/mol. The molecule has 0 fully saturated rings. The van der Waals surface area contributed by atoms with Gasteiger partial charge in [-0.2, -0.15) is 22.3 Å². The van der Waals surface area contributed by atoms with E-state index in [1.807, 2.05) is 0 Å². The van der Waals surface area contributed by atoms with E-state index in [-0.39, 0.29) is 58.9 Å². The first kappa shape index (κ1) is 31.8. The van der Waals surface area contributed by atoms with Crippen LogP contribution in [0.4, 0.5) is 0 Å². The molecule has 0 aliphatic rings. The summed E-state index contributed by atoms with van der Waals surface area (Å²) in [5.74, 6) is 0.